The van der Waals surface area contributed by atoms with E-state index in [1.165, 1.54) is 19.3 Å². The van der Waals surface area contributed by atoms with Crippen LogP contribution in [-0.4, -0.2) is 37.5 Å². The summed E-state index contributed by atoms with van der Waals surface area (Å²) in [6.07, 6.45) is 5.78. The van der Waals surface area contributed by atoms with Crippen molar-refractivity contribution < 1.29 is 14.6 Å². The fourth-order valence-electron chi connectivity index (χ4n) is 2.83. The molecule has 0 bridgehead atoms. The Hall–Kier alpha value is -1.26. The van der Waals surface area contributed by atoms with Gasteiger partial charge in [0.2, 0.25) is 0 Å². The van der Waals surface area contributed by atoms with Crippen molar-refractivity contribution in [2.24, 2.45) is 0 Å². The molecule has 0 unspecified atom stereocenters. The lowest BCUT2D eigenvalue weighted by molar-refractivity contribution is 0.116. The largest absolute Gasteiger partial charge is 0.493 e. The molecule has 2 rings (SSSR count). The van der Waals surface area contributed by atoms with Crippen molar-refractivity contribution >= 4 is 0 Å². The second kappa shape index (κ2) is 7.50. The number of aliphatic hydroxyl groups is 1. The van der Waals surface area contributed by atoms with E-state index in [0.717, 1.165) is 30.9 Å². The van der Waals surface area contributed by atoms with Crippen molar-refractivity contribution in [1.82, 2.24) is 5.32 Å². The zero-order valence-corrected chi connectivity index (χ0v) is 12.2. The minimum atomic E-state index is -0.0949. The summed E-state index contributed by atoms with van der Waals surface area (Å²) in [7, 11) is 1.64. The van der Waals surface area contributed by atoms with Crippen molar-refractivity contribution in [2.75, 3.05) is 26.9 Å². The molecule has 0 amide bonds. The molecule has 1 aromatic carbocycles. The molecule has 0 spiro atoms. The van der Waals surface area contributed by atoms with E-state index >= 15 is 0 Å². The summed E-state index contributed by atoms with van der Waals surface area (Å²) in [4.78, 5) is 0. The minimum absolute atomic E-state index is 0.0949. The van der Waals surface area contributed by atoms with Crippen LogP contribution < -0.4 is 14.8 Å². The van der Waals surface area contributed by atoms with Crippen molar-refractivity contribution in [3.8, 4) is 11.5 Å². The van der Waals surface area contributed by atoms with Gasteiger partial charge in [0.05, 0.1) is 13.7 Å². The molecule has 1 aliphatic rings. The fraction of sp³-hybridized carbons (Fsp3) is 0.625. The second-order valence-corrected chi connectivity index (χ2v) is 5.43. The Labute approximate surface area is 121 Å². The van der Waals surface area contributed by atoms with Gasteiger partial charge in [-0.25, -0.2) is 0 Å². The number of aliphatic hydroxyl groups excluding tert-OH is 1. The predicted molar refractivity (Wildman–Crippen MR) is 79.4 cm³/mol. The van der Waals surface area contributed by atoms with Gasteiger partial charge in [-0.2, -0.15) is 0 Å². The summed E-state index contributed by atoms with van der Waals surface area (Å²) in [5, 5.41) is 13.1. The van der Waals surface area contributed by atoms with E-state index in [4.69, 9.17) is 9.47 Å². The molecule has 0 atom stereocenters. The maximum atomic E-state index is 9.62. The molecule has 1 saturated carbocycles. The average molecular weight is 279 g/mol. The van der Waals surface area contributed by atoms with E-state index in [2.05, 4.69) is 5.32 Å². The molecule has 0 saturated heterocycles. The molecular weight excluding hydrogens is 254 g/mol. The van der Waals surface area contributed by atoms with Crippen molar-refractivity contribution in [1.29, 1.82) is 0 Å². The van der Waals surface area contributed by atoms with Crippen LogP contribution in [0.3, 0.4) is 0 Å². The lowest BCUT2D eigenvalue weighted by Crippen LogP contribution is -2.51. The van der Waals surface area contributed by atoms with Gasteiger partial charge in [-0.05, 0) is 25.0 Å². The molecular formula is C16H25NO3. The summed E-state index contributed by atoms with van der Waals surface area (Å²) >= 11 is 0. The van der Waals surface area contributed by atoms with Gasteiger partial charge in [0, 0.05) is 12.1 Å². The third kappa shape index (κ3) is 3.87. The quantitative estimate of drug-likeness (QED) is 0.752. The Morgan fingerprint density at radius 3 is 2.50 bits per heavy atom. The molecule has 2 N–H and O–H groups in total. The number of methoxy groups -OCH3 is 1. The standard InChI is InChI=1S/C16H25NO3/c1-19-14-7-3-4-8-15(14)20-12-11-17-16(13-18)9-5-2-6-10-16/h3-4,7-8,17-18H,2,5-6,9-13H2,1H3. The van der Waals surface area contributed by atoms with Crippen LogP contribution in [0.25, 0.3) is 0 Å². The number of para-hydroxylation sites is 2. The highest BCUT2D eigenvalue weighted by Crippen LogP contribution is 2.28. The number of rotatable bonds is 7. The van der Waals surface area contributed by atoms with Gasteiger partial charge in [0.15, 0.2) is 11.5 Å². The third-order valence-corrected chi connectivity index (χ3v) is 4.04. The monoisotopic (exact) mass is 279 g/mol. The molecule has 0 radical (unpaired) electrons. The van der Waals surface area contributed by atoms with Crippen molar-refractivity contribution in [3.05, 3.63) is 24.3 Å². The number of ether oxygens (including phenoxy) is 2. The molecule has 0 aliphatic heterocycles. The molecule has 1 aromatic rings. The van der Waals surface area contributed by atoms with Crippen LogP contribution in [0.15, 0.2) is 24.3 Å². The molecule has 1 aliphatic carbocycles. The van der Waals surface area contributed by atoms with Gasteiger partial charge in [-0.15, -0.1) is 0 Å². The molecule has 4 nitrogen and oxygen atoms in total. The Morgan fingerprint density at radius 2 is 1.85 bits per heavy atom. The fourth-order valence-corrected chi connectivity index (χ4v) is 2.83. The van der Waals surface area contributed by atoms with Crippen molar-refractivity contribution in [2.45, 2.75) is 37.6 Å². The van der Waals surface area contributed by atoms with Gasteiger partial charge in [0.1, 0.15) is 6.61 Å². The first kappa shape index (κ1) is 15.1. The number of benzene rings is 1. The van der Waals surface area contributed by atoms with Crippen molar-refractivity contribution in [3.63, 3.8) is 0 Å². The number of hydrogen-bond acceptors (Lipinski definition) is 4. The first-order chi connectivity index (χ1) is 9.79. The highest BCUT2D eigenvalue weighted by Gasteiger charge is 2.30. The predicted octanol–water partition coefficient (Wildman–Crippen LogP) is 2.36. The van der Waals surface area contributed by atoms with E-state index < -0.39 is 0 Å². The molecule has 20 heavy (non-hydrogen) atoms. The Balaban J connectivity index is 1.78. The highest BCUT2D eigenvalue weighted by molar-refractivity contribution is 5.39. The number of nitrogens with one attached hydrogen (secondary N) is 1. The Morgan fingerprint density at radius 1 is 1.15 bits per heavy atom. The maximum absolute atomic E-state index is 9.62. The first-order valence-corrected chi connectivity index (χ1v) is 7.41. The third-order valence-electron chi connectivity index (χ3n) is 4.04. The van der Waals surface area contributed by atoms with Crippen LogP contribution >= 0.6 is 0 Å². The number of hydrogen-bond donors (Lipinski definition) is 2. The van der Waals surface area contributed by atoms with Gasteiger partial charge in [-0.1, -0.05) is 31.4 Å². The van der Waals surface area contributed by atoms with E-state index in [9.17, 15) is 5.11 Å². The highest BCUT2D eigenvalue weighted by atomic mass is 16.5. The summed E-state index contributed by atoms with van der Waals surface area (Å²) in [5.41, 5.74) is -0.0949. The summed E-state index contributed by atoms with van der Waals surface area (Å²) in [5.74, 6) is 1.51. The van der Waals surface area contributed by atoms with Gasteiger partial charge in [-0.3, -0.25) is 0 Å². The molecule has 0 heterocycles. The molecule has 112 valence electrons. The zero-order chi connectivity index (χ0) is 14.3. The SMILES string of the molecule is COc1ccccc1OCCNC1(CO)CCCCC1. The smallest absolute Gasteiger partial charge is 0.161 e. The molecule has 4 heteroatoms. The molecule has 0 aromatic heterocycles. The first-order valence-electron chi connectivity index (χ1n) is 7.41. The maximum Gasteiger partial charge on any atom is 0.161 e. The Bertz CT molecular complexity index is 402. The topological polar surface area (TPSA) is 50.7 Å². The summed E-state index contributed by atoms with van der Waals surface area (Å²) in [6.45, 7) is 1.52. The van der Waals surface area contributed by atoms with E-state index in [-0.39, 0.29) is 12.1 Å². The van der Waals surface area contributed by atoms with Crippen LogP contribution in [0.5, 0.6) is 11.5 Å². The van der Waals surface area contributed by atoms with Crippen LogP contribution in [0.1, 0.15) is 32.1 Å². The summed E-state index contributed by atoms with van der Waals surface area (Å²) in [6, 6.07) is 7.65. The van der Waals surface area contributed by atoms with Crippen LogP contribution in [0.2, 0.25) is 0 Å². The van der Waals surface area contributed by atoms with E-state index in [0.29, 0.717) is 6.61 Å². The average Bonchev–Trinajstić information content (AvgIpc) is 2.53. The zero-order valence-electron chi connectivity index (χ0n) is 12.2. The Kier molecular flexibility index (Phi) is 5.68. The van der Waals surface area contributed by atoms with Gasteiger partial charge < -0.3 is 19.9 Å². The van der Waals surface area contributed by atoms with Crippen LogP contribution in [-0.2, 0) is 0 Å². The molecule has 1 fully saturated rings. The van der Waals surface area contributed by atoms with E-state index in [1.54, 1.807) is 7.11 Å². The lowest BCUT2D eigenvalue weighted by Gasteiger charge is -2.36. The van der Waals surface area contributed by atoms with Crippen LogP contribution in [0.4, 0.5) is 0 Å². The van der Waals surface area contributed by atoms with Gasteiger partial charge in [0.25, 0.3) is 0 Å². The second-order valence-electron chi connectivity index (χ2n) is 5.43. The minimum Gasteiger partial charge on any atom is -0.493 e. The lowest BCUT2D eigenvalue weighted by atomic mass is 9.82. The summed E-state index contributed by atoms with van der Waals surface area (Å²) < 4.78 is 11.0. The van der Waals surface area contributed by atoms with Gasteiger partial charge >= 0.3 is 0 Å². The normalized spacial score (nSPS) is 17.7. The van der Waals surface area contributed by atoms with Crippen LogP contribution in [0, 0.1) is 0 Å². The van der Waals surface area contributed by atoms with E-state index in [1.807, 2.05) is 24.3 Å².